The summed E-state index contributed by atoms with van der Waals surface area (Å²) in [6, 6.07) is 14.9. The van der Waals surface area contributed by atoms with Crippen molar-refractivity contribution in [1.29, 1.82) is 0 Å². The predicted octanol–water partition coefficient (Wildman–Crippen LogP) is 4.46. The Morgan fingerprint density at radius 2 is 1.82 bits per heavy atom. The molecule has 2 aromatic heterocycles. The third kappa shape index (κ3) is 4.84. The molecule has 1 atom stereocenters. The third-order valence-corrected chi connectivity index (χ3v) is 7.93. The van der Waals surface area contributed by atoms with Gasteiger partial charge in [-0.2, -0.15) is 0 Å². The van der Waals surface area contributed by atoms with Crippen molar-refractivity contribution in [3.63, 3.8) is 0 Å². The molecular weight excluding hydrogens is 408 g/mol. The van der Waals surface area contributed by atoms with Gasteiger partial charge < -0.3 is 14.2 Å². The summed E-state index contributed by atoms with van der Waals surface area (Å²) in [4.78, 5) is 23.3. The molecule has 2 saturated heterocycles. The van der Waals surface area contributed by atoms with Crippen LogP contribution in [0.15, 0.2) is 61.1 Å². The number of carbonyl (C=O) groups excluding carboxylic acids is 1. The van der Waals surface area contributed by atoms with Gasteiger partial charge in [0.15, 0.2) is 0 Å². The average molecular weight is 445 g/mol. The van der Waals surface area contributed by atoms with Crippen LogP contribution >= 0.6 is 0 Å². The zero-order chi connectivity index (χ0) is 22.7. The van der Waals surface area contributed by atoms with Crippen LogP contribution in [0.3, 0.4) is 0 Å². The lowest BCUT2D eigenvalue weighted by atomic mass is 9.72. The maximum absolute atomic E-state index is 14.0. The number of hydrogen-bond acceptors (Lipinski definition) is 3. The van der Waals surface area contributed by atoms with Crippen LogP contribution in [-0.4, -0.2) is 58.3 Å². The predicted molar refractivity (Wildman–Crippen MR) is 132 cm³/mol. The van der Waals surface area contributed by atoms with E-state index in [1.807, 2.05) is 12.4 Å². The van der Waals surface area contributed by atoms with Crippen LogP contribution in [0.1, 0.15) is 43.4 Å². The van der Waals surface area contributed by atoms with Gasteiger partial charge in [0.1, 0.15) is 0 Å². The van der Waals surface area contributed by atoms with Crippen LogP contribution in [0.2, 0.25) is 0 Å². The summed E-state index contributed by atoms with van der Waals surface area (Å²) in [7, 11) is 2.17. The van der Waals surface area contributed by atoms with Crippen molar-refractivity contribution in [2.45, 2.75) is 44.9 Å². The average Bonchev–Trinajstić information content (AvgIpc) is 3.21. The van der Waals surface area contributed by atoms with E-state index in [1.54, 1.807) is 0 Å². The Morgan fingerprint density at radius 1 is 1.00 bits per heavy atom. The van der Waals surface area contributed by atoms with E-state index in [4.69, 9.17) is 4.98 Å². The second kappa shape index (κ2) is 9.68. The van der Waals surface area contributed by atoms with E-state index in [1.165, 1.54) is 23.2 Å². The van der Waals surface area contributed by atoms with Crippen LogP contribution in [0.5, 0.6) is 0 Å². The van der Waals surface area contributed by atoms with Crippen molar-refractivity contribution in [2.24, 2.45) is 11.3 Å². The Balaban J connectivity index is 1.29. The number of aromatic nitrogens is 2. The molecule has 5 heteroatoms. The summed E-state index contributed by atoms with van der Waals surface area (Å²) < 4.78 is 2.16. The molecule has 5 nitrogen and oxygen atoms in total. The van der Waals surface area contributed by atoms with Gasteiger partial charge in [-0.15, -0.1) is 0 Å². The number of nitrogens with zero attached hydrogens (tertiary/aromatic N) is 4. The summed E-state index contributed by atoms with van der Waals surface area (Å²) >= 11 is 0. The quantitative estimate of drug-likeness (QED) is 0.583. The molecular formula is C28H36N4O. The summed E-state index contributed by atoms with van der Waals surface area (Å²) in [6.07, 6.45) is 13.1. The maximum atomic E-state index is 14.0. The van der Waals surface area contributed by atoms with Gasteiger partial charge in [0.2, 0.25) is 5.91 Å². The molecule has 2 aliphatic rings. The van der Waals surface area contributed by atoms with Crippen LogP contribution in [-0.2, 0) is 17.6 Å². The number of amides is 1. The minimum atomic E-state index is -0.257. The first-order chi connectivity index (χ1) is 16.1. The summed E-state index contributed by atoms with van der Waals surface area (Å²) in [6.45, 7) is 3.77. The summed E-state index contributed by atoms with van der Waals surface area (Å²) in [5.74, 6) is 0.978. The second-order valence-electron chi connectivity index (χ2n) is 10.2. The van der Waals surface area contributed by atoms with E-state index < -0.39 is 0 Å². The highest BCUT2D eigenvalue weighted by molar-refractivity contribution is 5.83. The van der Waals surface area contributed by atoms with Gasteiger partial charge in [0, 0.05) is 31.7 Å². The Bertz CT molecular complexity index is 1070. The molecule has 1 aromatic carbocycles. The largest absolute Gasteiger partial charge is 0.342 e. The number of hydrogen-bond donors (Lipinski definition) is 0. The molecule has 0 N–H and O–H groups in total. The number of rotatable bonds is 5. The van der Waals surface area contributed by atoms with Crippen LogP contribution in [0.25, 0.3) is 5.52 Å². The molecule has 0 saturated carbocycles. The lowest BCUT2D eigenvalue weighted by molar-refractivity contribution is -0.145. The molecule has 0 spiro atoms. The fourth-order valence-electron chi connectivity index (χ4n) is 5.87. The van der Waals surface area contributed by atoms with Gasteiger partial charge >= 0.3 is 0 Å². The highest BCUT2D eigenvalue weighted by Gasteiger charge is 2.43. The molecule has 174 valence electrons. The van der Waals surface area contributed by atoms with E-state index in [0.29, 0.717) is 11.8 Å². The first kappa shape index (κ1) is 22.1. The van der Waals surface area contributed by atoms with E-state index in [0.717, 1.165) is 64.7 Å². The lowest BCUT2D eigenvalue weighted by Gasteiger charge is -2.42. The van der Waals surface area contributed by atoms with Crippen molar-refractivity contribution >= 4 is 11.4 Å². The smallest absolute Gasteiger partial charge is 0.229 e. The first-order valence-corrected chi connectivity index (χ1v) is 12.6. The highest BCUT2D eigenvalue weighted by Crippen LogP contribution is 2.38. The van der Waals surface area contributed by atoms with Crippen molar-refractivity contribution in [1.82, 2.24) is 19.2 Å². The van der Waals surface area contributed by atoms with Crippen LogP contribution in [0, 0.1) is 11.3 Å². The van der Waals surface area contributed by atoms with Gasteiger partial charge in [0.25, 0.3) is 0 Å². The molecule has 3 aromatic rings. The zero-order valence-corrected chi connectivity index (χ0v) is 19.8. The van der Waals surface area contributed by atoms with E-state index in [-0.39, 0.29) is 5.41 Å². The van der Waals surface area contributed by atoms with Crippen LogP contribution in [0.4, 0.5) is 0 Å². The van der Waals surface area contributed by atoms with Gasteiger partial charge in [-0.3, -0.25) is 9.78 Å². The fraction of sp³-hybridized carbons (Fsp3) is 0.500. The van der Waals surface area contributed by atoms with E-state index in [2.05, 4.69) is 69.9 Å². The van der Waals surface area contributed by atoms with Crippen molar-refractivity contribution in [3.05, 3.63) is 72.3 Å². The lowest BCUT2D eigenvalue weighted by Crippen LogP contribution is -2.51. The number of piperidine rings is 1. The van der Waals surface area contributed by atoms with Crippen molar-refractivity contribution in [2.75, 3.05) is 33.2 Å². The highest BCUT2D eigenvalue weighted by atomic mass is 16.2. The summed E-state index contributed by atoms with van der Waals surface area (Å²) in [5, 5.41) is 0. The number of likely N-dealkylation sites (tertiary alicyclic amines) is 2. The molecule has 0 unspecified atom stereocenters. The van der Waals surface area contributed by atoms with E-state index in [9.17, 15) is 4.79 Å². The number of benzene rings is 1. The summed E-state index contributed by atoms with van der Waals surface area (Å²) in [5.41, 5.74) is 3.42. The molecule has 0 bridgehead atoms. The maximum Gasteiger partial charge on any atom is 0.229 e. The fourth-order valence-corrected chi connectivity index (χ4v) is 5.87. The normalized spacial score (nSPS) is 21.7. The molecule has 5 rings (SSSR count). The van der Waals surface area contributed by atoms with Crippen molar-refractivity contribution < 1.29 is 4.79 Å². The number of fused-ring (bicyclic) bond motifs is 1. The second-order valence-corrected chi connectivity index (χ2v) is 10.2. The zero-order valence-electron chi connectivity index (χ0n) is 19.8. The van der Waals surface area contributed by atoms with Crippen LogP contribution < -0.4 is 0 Å². The Labute approximate surface area is 197 Å². The van der Waals surface area contributed by atoms with Gasteiger partial charge in [-0.25, -0.2) is 0 Å². The van der Waals surface area contributed by atoms with Gasteiger partial charge in [0.05, 0.1) is 16.6 Å². The van der Waals surface area contributed by atoms with Gasteiger partial charge in [-0.1, -0.05) is 30.3 Å². The molecule has 4 heterocycles. The molecule has 0 aliphatic carbocycles. The Hall–Kier alpha value is -2.66. The Kier molecular flexibility index (Phi) is 6.50. The first-order valence-electron chi connectivity index (χ1n) is 12.6. The molecule has 2 fully saturated rings. The minimum absolute atomic E-state index is 0.257. The molecule has 0 radical (unpaired) electrons. The number of carbonyl (C=O) groups is 1. The van der Waals surface area contributed by atoms with Crippen molar-refractivity contribution in [3.8, 4) is 0 Å². The SMILES string of the molecule is CN1CCC(Cc2ccccc2)(C(=O)N2CCC[C@H](Cc3nccn4cccc34)CC2)CC1. The monoisotopic (exact) mass is 444 g/mol. The van der Waals surface area contributed by atoms with Gasteiger partial charge in [-0.05, 0) is 88.7 Å². The van der Waals surface area contributed by atoms with E-state index >= 15 is 0 Å². The molecule has 1 amide bonds. The molecule has 33 heavy (non-hydrogen) atoms. The standard InChI is InChI=1S/C28H36N4O/c1-30-18-12-28(13-19-30,22-24-7-3-2-4-8-24)27(33)32-16-5-9-23(11-17-32)21-25-26-10-6-15-31(26)20-14-29-25/h2-4,6-8,10,14-15,20,23H,5,9,11-13,16-19,21-22H2,1H3/t23-/m0/s1. The minimum Gasteiger partial charge on any atom is -0.342 e. The molecule has 2 aliphatic heterocycles. The third-order valence-electron chi connectivity index (χ3n) is 7.93. The topological polar surface area (TPSA) is 40.9 Å². The Morgan fingerprint density at radius 3 is 2.64 bits per heavy atom.